The fraction of sp³-hybridized carbons (Fsp3) is 0.579. The van der Waals surface area contributed by atoms with Gasteiger partial charge >= 0.3 is 0 Å². The summed E-state index contributed by atoms with van der Waals surface area (Å²) in [5.41, 5.74) is 1.11. The Hall–Kier alpha value is -2.04. The molecule has 2 aliphatic heterocycles. The summed E-state index contributed by atoms with van der Waals surface area (Å²) in [6, 6.07) is 7.84. The van der Waals surface area contributed by atoms with Crippen molar-refractivity contribution in [3.63, 3.8) is 0 Å². The number of nitrogens with zero attached hydrogens (tertiary/aromatic N) is 1. The molecule has 1 N–H and O–H groups in total. The Morgan fingerprint density at radius 3 is 2.88 bits per heavy atom. The van der Waals surface area contributed by atoms with E-state index < -0.39 is 6.10 Å². The summed E-state index contributed by atoms with van der Waals surface area (Å²) >= 11 is 0. The van der Waals surface area contributed by atoms with Crippen LogP contribution in [0.1, 0.15) is 32.3 Å². The predicted octanol–water partition coefficient (Wildman–Crippen LogP) is 2.00. The first-order valence-corrected chi connectivity index (χ1v) is 8.85. The third-order valence-corrected chi connectivity index (χ3v) is 4.84. The molecule has 0 saturated carbocycles. The minimum atomic E-state index is -0.397. The van der Waals surface area contributed by atoms with Crippen LogP contribution >= 0.6 is 0 Å². The lowest BCUT2D eigenvalue weighted by Gasteiger charge is -2.34. The molecule has 0 aromatic heterocycles. The average Bonchev–Trinajstić information content (AvgIpc) is 3.03. The Morgan fingerprint density at radius 2 is 2.12 bits per heavy atom. The monoisotopic (exact) mass is 330 g/mol. The normalized spacial score (nSPS) is 22.9. The second-order valence-electron chi connectivity index (χ2n) is 7.11. The van der Waals surface area contributed by atoms with Gasteiger partial charge in [0.1, 0.15) is 5.75 Å². The number of hydrogen-bond donors (Lipinski definition) is 1. The molecule has 0 aliphatic carbocycles. The molecule has 2 amide bonds. The molecule has 130 valence electrons. The minimum Gasteiger partial charge on any atom is -0.480 e. The first-order chi connectivity index (χ1) is 11.5. The molecular weight excluding hydrogens is 304 g/mol. The molecule has 3 rings (SSSR count). The lowest BCUT2D eigenvalue weighted by molar-refractivity contribution is -0.139. The molecule has 1 fully saturated rings. The van der Waals surface area contributed by atoms with Crippen molar-refractivity contribution in [2.24, 2.45) is 11.8 Å². The first-order valence-electron chi connectivity index (χ1n) is 8.85. The molecule has 0 bridgehead atoms. The molecule has 24 heavy (non-hydrogen) atoms. The highest BCUT2D eigenvalue weighted by Gasteiger charge is 2.34. The number of piperidine rings is 1. The number of rotatable bonds is 4. The highest BCUT2D eigenvalue weighted by Crippen LogP contribution is 2.29. The Kier molecular flexibility index (Phi) is 5.07. The van der Waals surface area contributed by atoms with Gasteiger partial charge in [0.25, 0.3) is 5.91 Å². The van der Waals surface area contributed by atoms with Gasteiger partial charge in [-0.05, 0) is 30.4 Å². The largest absolute Gasteiger partial charge is 0.480 e. The summed E-state index contributed by atoms with van der Waals surface area (Å²) in [5.74, 6) is 1.30. The third kappa shape index (κ3) is 3.71. The van der Waals surface area contributed by atoms with Gasteiger partial charge in [0.15, 0.2) is 6.10 Å². The molecule has 1 saturated heterocycles. The highest BCUT2D eigenvalue weighted by atomic mass is 16.5. The smallest absolute Gasteiger partial charge is 0.264 e. The molecule has 1 aromatic rings. The molecule has 2 heterocycles. The molecule has 0 radical (unpaired) electrons. The highest BCUT2D eigenvalue weighted by molar-refractivity contribution is 5.82. The maximum Gasteiger partial charge on any atom is 0.264 e. The molecule has 0 spiro atoms. The Balaban J connectivity index is 1.53. The predicted molar refractivity (Wildman–Crippen MR) is 91.7 cm³/mol. The number of ether oxygens (including phenoxy) is 1. The standard InChI is InChI=1S/C19H26N2O3/c1-13(2)18(22)20-11-14-6-5-9-21(12-14)19(23)17-10-15-7-3-4-8-16(15)24-17/h3-4,7-8,13-14,17H,5-6,9-12H2,1-2H3,(H,20,22)/t14-,17+/m1/s1. The van der Waals surface area contributed by atoms with Gasteiger partial charge < -0.3 is 15.0 Å². The Morgan fingerprint density at radius 1 is 1.33 bits per heavy atom. The molecule has 2 atom stereocenters. The molecule has 5 heteroatoms. The second-order valence-corrected chi connectivity index (χ2v) is 7.11. The van der Waals surface area contributed by atoms with Crippen LogP contribution in [0.4, 0.5) is 0 Å². The van der Waals surface area contributed by atoms with Crippen LogP contribution in [0.25, 0.3) is 0 Å². The van der Waals surface area contributed by atoms with Crippen LogP contribution in [-0.4, -0.2) is 42.5 Å². The first kappa shape index (κ1) is 16.8. The van der Waals surface area contributed by atoms with Gasteiger partial charge in [0.05, 0.1) is 0 Å². The number of carbonyl (C=O) groups excluding carboxylic acids is 2. The van der Waals surface area contributed by atoms with E-state index in [1.807, 2.05) is 43.0 Å². The summed E-state index contributed by atoms with van der Waals surface area (Å²) in [6.07, 6.45) is 2.29. The van der Waals surface area contributed by atoms with Crippen molar-refractivity contribution in [3.8, 4) is 5.75 Å². The second kappa shape index (κ2) is 7.24. The number of nitrogens with one attached hydrogen (secondary N) is 1. The van der Waals surface area contributed by atoms with Crippen LogP contribution in [0, 0.1) is 11.8 Å². The van der Waals surface area contributed by atoms with Gasteiger partial charge in [0, 0.05) is 32.0 Å². The van der Waals surface area contributed by atoms with Crippen LogP contribution in [0.2, 0.25) is 0 Å². The van der Waals surface area contributed by atoms with Crippen LogP contribution in [0.5, 0.6) is 5.75 Å². The fourth-order valence-corrected chi connectivity index (χ4v) is 3.40. The lowest BCUT2D eigenvalue weighted by atomic mass is 9.97. The average molecular weight is 330 g/mol. The van der Waals surface area contributed by atoms with E-state index in [4.69, 9.17) is 4.74 Å². The Labute approximate surface area is 143 Å². The molecular formula is C19H26N2O3. The van der Waals surface area contributed by atoms with Gasteiger partial charge in [-0.2, -0.15) is 0 Å². The van der Waals surface area contributed by atoms with Crippen molar-refractivity contribution in [2.45, 2.75) is 39.2 Å². The minimum absolute atomic E-state index is 0.00304. The summed E-state index contributed by atoms with van der Waals surface area (Å²) in [4.78, 5) is 26.4. The van der Waals surface area contributed by atoms with Crippen LogP contribution in [-0.2, 0) is 16.0 Å². The molecule has 5 nitrogen and oxygen atoms in total. The van der Waals surface area contributed by atoms with Crippen molar-refractivity contribution in [3.05, 3.63) is 29.8 Å². The number of hydrogen-bond acceptors (Lipinski definition) is 3. The topological polar surface area (TPSA) is 58.6 Å². The van der Waals surface area contributed by atoms with Crippen molar-refractivity contribution in [2.75, 3.05) is 19.6 Å². The fourth-order valence-electron chi connectivity index (χ4n) is 3.40. The number of amides is 2. The summed E-state index contributed by atoms with van der Waals surface area (Å²) in [7, 11) is 0. The molecule has 1 aromatic carbocycles. The van der Waals surface area contributed by atoms with E-state index >= 15 is 0 Å². The van der Waals surface area contributed by atoms with Gasteiger partial charge in [-0.3, -0.25) is 9.59 Å². The zero-order valence-electron chi connectivity index (χ0n) is 14.5. The van der Waals surface area contributed by atoms with E-state index in [0.29, 0.717) is 25.4 Å². The van der Waals surface area contributed by atoms with Gasteiger partial charge in [-0.1, -0.05) is 32.0 Å². The zero-order valence-corrected chi connectivity index (χ0v) is 14.5. The lowest BCUT2D eigenvalue weighted by Crippen LogP contribution is -2.48. The van der Waals surface area contributed by atoms with Gasteiger partial charge in [-0.15, -0.1) is 0 Å². The quantitative estimate of drug-likeness (QED) is 0.919. The van der Waals surface area contributed by atoms with Crippen molar-refractivity contribution >= 4 is 11.8 Å². The number of fused-ring (bicyclic) bond motifs is 1. The summed E-state index contributed by atoms with van der Waals surface area (Å²) in [5, 5.41) is 2.99. The van der Waals surface area contributed by atoms with E-state index in [0.717, 1.165) is 30.7 Å². The van der Waals surface area contributed by atoms with Crippen molar-refractivity contribution in [1.29, 1.82) is 0 Å². The van der Waals surface area contributed by atoms with Crippen LogP contribution < -0.4 is 10.1 Å². The maximum absolute atomic E-state index is 12.8. The SMILES string of the molecule is CC(C)C(=O)NC[C@H]1CCCN(C(=O)[C@@H]2Cc3ccccc3O2)C1. The van der Waals surface area contributed by atoms with Crippen LogP contribution in [0.3, 0.4) is 0 Å². The van der Waals surface area contributed by atoms with Crippen LogP contribution in [0.15, 0.2) is 24.3 Å². The number of carbonyl (C=O) groups is 2. The van der Waals surface area contributed by atoms with Crippen molar-refractivity contribution < 1.29 is 14.3 Å². The summed E-state index contributed by atoms with van der Waals surface area (Å²) in [6.45, 7) is 5.91. The molecule has 2 aliphatic rings. The number of benzene rings is 1. The number of likely N-dealkylation sites (tertiary alicyclic amines) is 1. The van der Waals surface area contributed by atoms with E-state index in [2.05, 4.69) is 5.32 Å². The summed E-state index contributed by atoms with van der Waals surface area (Å²) < 4.78 is 5.83. The van der Waals surface area contributed by atoms with E-state index in [1.54, 1.807) is 0 Å². The van der Waals surface area contributed by atoms with Crippen molar-refractivity contribution in [1.82, 2.24) is 10.2 Å². The van der Waals surface area contributed by atoms with E-state index in [-0.39, 0.29) is 17.7 Å². The third-order valence-electron chi connectivity index (χ3n) is 4.84. The van der Waals surface area contributed by atoms with Gasteiger partial charge in [-0.25, -0.2) is 0 Å². The molecule has 0 unspecified atom stereocenters. The van der Waals surface area contributed by atoms with E-state index in [9.17, 15) is 9.59 Å². The zero-order chi connectivity index (χ0) is 17.1. The van der Waals surface area contributed by atoms with E-state index in [1.165, 1.54) is 0 Å². The van der Waals surface area contributed by atoms with Gasteiger partial charge in [0.2, 0.25) is 5.91 Å². The maximum atomic E-state index is 12.8. The number of para-hydroxylation sites is 1. The Bertz CT molecular complexity index is 589.